The topological polar surface area (TPSA) is 161 Å². The summed E-state index contributed by atoms with van der Waals surface area (Å²) in [4.78, 5) is 0. The second-order valence-electron chi connectivity index (χ2n) is 14.0. The number of aromatic nitrogens is 4. The van der Waals surface area contributed by atoms with Crippen molar-refractivity contribution in [2.75, 3.05) is 12.5 Å². The van der Waals surface area contributed by atoms with Crippen LogP contribution in [0.25, 0.3) is 22.9 Å². The van der Waals surface area contributed by atoms with Gasteiger partial charge in [0.05, 0.1) is 18.6 Å². The van der Waals surface area contributed by atoms with Crippen LogP contribution >= 0.6 is 15.9 Å². The SMILES string of the molecule is CS(=O)(=O)N(Cc1ccc(-c2nnc(C(F)F)o2)cc1F)[C@H]1CCc2ccccc21.CS(=O)(=O)N[C@H]1CCc2ccccc21.Fc1cc(-c2nnc(C(F)F)o2)ccc1CBr. The smallest absolute Gasteiger partial charge is 0.314 e. The number of nitrogens with zero attached hydrogens (tertiary/aromatic N) is 5. The minimum atomic E-state index is -3.63. The molecule has 4 aromatic carbocycles. The maximum absolute atomic E-state index is 14.8. The summed E-state index contributed by atoms with van der Waals surface area (Å²) in [6.07, 6.45) is -0.257. The lowest BCUT2D eigenvalue weighted by Crippen LogP contribution is -2.33. The summed E-state index contributed by atoms with van der Waals surface area (Å²) in [5.41, 5.74) is 5.40. The van der Waals surface area contributed by atoms with Crippen molar-refractivity contribution in [1.29, 1.82) is 0 Å². The molecule has 0 amide bonds. The summed E-state index contributed by atoms with van der Waals surface area (Å²) < 4.78 is 139. The number of hydrogen-bond acceptors (Lipinski definition) is 10. The number of benzene rings is 4. The van der Waals surface area contributed by atoms with E-state index in [9.17, 15) is 43.2 Å². The molecular weight excluding hydrogens is 919 g/mol. The van der Waals surface area contributed by atoms with Crippen molar-refractivity contribution in [1.82, 2.24) is 29.4 Å². The van der Waals surface area contributed by atoms with E-state index in [-0.39, 0.29) is 47.1 Å². The molecule has 21 heteroatoms. The fourth-order valence-corrected chi connectivity index (χ4v) is 9.15. The average Bonchev–Trinajstić information content (AvgIpc) is 4.04. The normalized spacial score (nSPS) is 15.9. The Kier molecular flexibility index (Phi) is 14.5. The number of halogens is 7. The van der Waals surface area contributed by atoms with Crippen LogP contribution in [0.3, 0.4) is 0 Å². The molecule has 1 N–H and O–H groups in total. The van der Waals surface area contributed by atoms with Gasteiger partial charge in [0, 0.05) is 34.6 Å². The van der Waals surface area contributed by atoms with Gasteiger partial charge in [0.1, 0.15) is 11.6 Å². The van der Waals surface area contributed by atoms with Crippen LogP contribution in [0, 0.1) is 11.6 Å². The highest BCUT2D eigenvalue weighted by Gasteiger charge is 2.34. The summed E-state index contributed by atoms with van der Waals surface area (Å²) in [5.74, 6) is -3.14. The van der Waals surface area contributed by atoms with Crippen LogP contribution in [0.2, 0.25) is 0 Å². The zero-order valence-electron chi connectivity index (χ0n) is 32.3. The van der Waals surface area contributed by atoms with Gasteiger partial charge in [-0.05, 0) is 77.8 Å². The standard InChI is InChI=1S/C20H18F3N3O3S.C10H6BrF3N2O.C10H13NO2S/c1-30(27,28)26(17-9-8-12-4-2-3-5-15(12)17)11-14-7-6-13(10-16(14)21)19-24-25-20(29-19)18(22)23;11-4-6-2-1-5(3-7(6)12)9-15-16-10(17-9)8(13)14;1-14(12,13)11-10-7-6-8-4-2-3-5-9(8)10/h2-7,10,17-18H,8-9,11H2,1H3;1-3,8H,4H2;2-5,10-11H,6-7H2,1H3/t17-;;10-/m0.0/s1. The molecule has 0 fully saturated rings. The summed E-state index contributed by atoms with van der Waals surface area (Å²) in [6.45, 7) is -0.157. The first-order valence-corrected chi connectivity index (χ1v) is 23.2. The molecule has 61 heavy (non-hydrogen) atoms. The minimum Gasteiger partial charge on any atom is -0.415 e. The Morgan fingerprint density at radius 2 is 1.20 bits per heavy atom. The fraction of sp³-hybridized carbons (Fsp3) is 0.300. The quantitative estimate of drug-likeness (QED) is 0.0980. The van der Waals surface area contributed by atoms with Crippen LogP contribution in [0.4, 0.5) is 26.3 Å². The molecule has 0 aliphatic heterocycles. The predicted molar refractivity (Wildman–Crippen MR) is 215 cm³/mol. The van der Waals surface area contributed by atoms with Crippen LogP contribution in [-0.2, 0) is 44.8 Å². The third kappa shape index (κ3) is 11.5. The lowest BCUT2D eigenvalue weighted by Gasteiger charge is -2.27. The highest BCUT2D eigenvalue weighted by atomic mass is 79.9. The Hall–Kier alpha value is -4.96. The van der Waals surface area contributed by atoms with Crippen LogP contribution < -0.4 is 4.72 Å². The molecule has 12 nitrogen and oxygen atoms in total. The summed E-state index contributed by atoms with van der Waals surface area (Å²) in [7, 11) is -6.73. The Morgan fingerprint density at radius 1 is 0.705 bits per heavy atom. The number of hydrogen-bond donors (Lipinski definition) is 1. The van der Waals surface area contributed by atoms with Gasteiger partial charge in [-0.3, -0.25) is 0 Å². The van der Waals surface area contributed by atoms with Gasteiger partial charge < -0.3 is 8.83 Å². The monoisotopic (exact) mass is 954 g/mol. The first-order chi connectivity index (χ1) is 28.9. The largest absolute Gasteiger partial charge is 0.415 e. The second-order valence-corrected chi connectivity index (χ2v) is 18.3. The second kappa shape index (κ2) is 19.4. The molecule has 324 valence electrons. The minimum absolute atomic E-state index is 0.0267. The van der Waals surface area contributed by atoms with E-state index in [1.54, 1.807) is 0 Å². The van der Waals surface area contributed by atoms with Crippen molar-refractivity contribution < 1.29 is 52.0 Å². The van der Waals surface area contributed by atoms with Crippen molar-refractivity contribution in [2.24, 2.45) is 0 Å². The molecule has 2 aromatic heterocycles. The third-order valence-electron chi connectivity index (χ3n) is 9.69. The number of alkyl halides is 5. The van der Waals surface area contributed by atoms with Crippen molar-refractivity contribution in [3.63, 3.8) is 0 Å². The van der Waals surface area contributed by atoms with E-state index in [1.807, 2.05) is 42.5 Å². The van der Waals surface area contributed by atoms with Gasteiger partial charge in [-0.2, -0.15) is 21.9 Å². The van der Waals surface area contributed by atoms with Gasteiger partial charge in [-0.15, -0.1) is 20.4 Å². The Morgan fingerprint density at radius 3 is 1.67 bits per heavy atom. The Balaban J connectivity index is 0.000000169. The van der Waals surface area contributed by atoms with Gasteiger partial charge in [0.2, 0.25) is 31.8 Å². The molecule has 0 radical (unpaired) electrons. The molecule has 2 aliphatic carbocycles. The number of fused-ring (bicyclic) bond motifs is 2. The highest BCUT2D eigenvalue weighted by molar-refractivity contribution is 9.08. The number of rotatable bonds is 11. The highest BCUT2D eigenvalue weighted by Crippen LogP contribution is 2.38. The Labute approximate surface area is 355 Å². The van der Waals surface area contributed by atoms with Crippen LogP contribution in [-0.4, -0.2) is 54.0 Å². The average molecular weight is 956 g/mol. The fourth-order valence-electron chi connectivity index (χ4n) is 6.87. The Bertz CT molecular complexity index is 2700. The molecule has 2 heterocycles. The number of nitrogens with one attached hydrogen (secondary N) is 1. The van der Waals surface area contributed by atoms with E-state index in [2.05, 4.69) is 47.1 Å². The molecule has 0 bridgehead atoms. The number of aryl methyl sites for hydroxylation is 2. The summed E-state index contributed by atoms with van der Waals surface area (Å²) in [5, 5.41) is 13.7. The van der Waals surface area contributed by atoms with Gasteiger partial charge in [-0.25, -0.2) is 30.3 Å². The molecule has 0 unspecified atom stereocenters. The van der Waals surface area contributed by atoms with Crippen LogP contribution in [0.5, 0.6) is 0 Å². The molecule has 0 saturated carbocycles. The van der Waals surface area contributed by atoms with E-state index < -0.39 is 56.3 Å². The maximum atomic E-state index is 14.8. The van der Waals surface area contributed by atoms with Crippen LogP contribution in [0.15, 0.2) is 93.8 Å². The van der Waals surface area contributed by atoms with Crippen molar-refractivity contribution in [3.05, 3.63) is 142 Å². The van der Waals surface area contributed by atoms with Gasteiger partial charge in [0.25, 0.3) is 11.8 Å². The third-order valence-corrected chi connectivity index (χ3v) is 12.2. The van der Waals surface area contributed by atoms with Crippen LogP contribution in [0.1, 0.15) is 82.9 Å². The number of sulfonamides is 2. The molecule has 0 spiro atoms. The lowest BCUT2D eigenvalue weighted by atomic mass is 10.1. The zero-order valence-corrected chi connectivity index (χ0v) is 35.5. The summed E-state index contributed by atoms with van der Waals surface area (Å²) >= 11 is 3.12. The van der Waals surface area contributed by atoms with Gasteiger partial charge >= 0.3 is 12.9 Å². The lowest BCUT2D eigenvalue weighted by molar-refractivity contribution is 0.115. The van der Waals surface area contributed by atoms with E-state index in [0.29, 0.717) is 17.3 Å². The first kappa shape index (κ1) is 45.6. The molecule has 0 saturated heterocycles. The van der Waals surface area contributed by atoms with E-state index >= 15 is 0 Å². The molecule has 8 rings (SSSR count). The predicted octanol–water partition coefficient (Wildman–Crippen LogP) is 9.19. The molecule has 6 aromatic rings. The first-order valence-electron chi connectivity index (χ1n) is 18.4. The maximum Gasteiger partial charge on any atom is 0.314 e. The molecular formula is C40H37BrF6N6O6S2. The van der Waals surface area contributed by atoms with E-state index in [0.717, 1.165) is 48.3 Å². The van der Waals surface area contributed by atoms with Crippen molar-refractivity contribution >= 4 is 36.0 Å². The summed E-state index contributed by atoms with van der Waals surface area (Å²) in [6, 6.07) is 23.3. The van der Waals surface area contributed by atoms with Crippen molar-refractivity contribution in [3.8, 4) is 22.9 Å². The van der Waals surface area contributed by atoms with Crippen molar-refractivity contribution in [2.45, 2.75) is 62.5 Å². The zero-order chi connectivity index (χ0) is 44.1. The van der Waals surface area contributed by atoms with E-state index in [4.69, 9.17) is 8.83 Å². The van der Waals surface area contributed by atoms with E-state index in [1.165, 1.54) is 46.5 Å². The van der Waals surface area contributed by atoms with Gasteiger partial charge in [0.15, 0.2) is 0 Å². The molecule has 2 atom stereocenters. The molecule has 2 aliphatic rings. The van der Waals surface area contributed by atoms with Gasteiger partial charge in [-0.1, -0.05) is 76.6 Å².